The number of hydrogen-bond acceptors (Lipinski definition) is 4. The molecule has 1 aromatic heterocycles. The van der Waals surface area contributed by atoms with Crippen molar-refractivity contribution >= 4 is 37.1 Å². The van der Waals surface area contributed by atoms with Gasteiger partial charge in [0.1, 0.15) is 0 Å². The van der Waals surface area contributed by atoms with Crippen LogP contribution < -0.4 is 5.32 Å². The Hall–Kier alpha value is 0.0900. The molecule has 1 aromatic rings. The van der Waals surface area contributed by atoms with E-state index in [1.807, 2.05) is 0 Å². The highest BCUT2D eigenvalue weighted by Crippen LogP contribution is 2.32. The number of sulfone groups is 1. The van der Waals surface area contributed by atoms with Gasteiger partial charge in [-0.3, -0.25) is 0 Å². The van der Waals surface area contributed by atoms with Gasteiger partial charge in [-0.15, -0.1) is 11.3 Å². The van der Waals surface area contributed by atoms with Gasteiger partial charge in [0.05, 0.1) is 11.5 Å². The Balaban J connectivity index is 2.02. The fourth-order valence-corrected chi connectivity index (χ4v) is 6.30. The van der Waals surface area contributed by atoms with Gasteiger partial charge in [-0.05, 0) is 71.6 Å². The maximum atomic E-state index is 11.7. The molecule has 1 fully saturated rings. The van der Waals surface area contributed by atoms with Crippen molar-refractivity contribution in [2.75, 3.05) is 24.6 Å². The van der Waals surface area contributed by atoms with Gasteiger partial charge in [-0.1, -0.05) is 6.92 Å². The molecule has 2 rings (SSSR count). The number of thiophene rings is 1. The van der Waals surface area contributed by atoms with Crippen molar-refractivity contribution in [3.05, 3.63) is 20.8 Å². The molecule has 0 aliphatic carbocycles. The van der Waals surface area contributed by atoms with Crippen molar-refractivity contribution in [3.8, 4) is 0 Å². The molecule has 0 aromatic carbocycles. The monoisotopic (exact) mass is 379 g/mol. The molecule has 2 atom stereocenters. The lowest BCUT2D eigenvalue weighted by Crippen LogP contribution is -2.31. The summed E-state index contributed by atoms with van der Waals surface area (Å²) >= 11 is 5.33. The van der Waals surface area contributed by atoms with Crippen LogP contribution in [0.5, 0.6) is 0 Å². The van der Waals surface area contributed by atoms with Crippen LogP contribution in [-0.2, 0) is 16.3 Å². The van der Waals surface area contributed by atoms with Crippen LogP contribution in [0.3, 0.4) is 0 Å². The second-order valence-electron chi connectivity index (χ2n) is 5.52. The van der Waals surface area contributed by atoms with Crippen molar-refractivity contribution in [1.29, 1.82) is 0 Å². The molecule has 0 radical (unpaired) electrons. The molecule has 1 N–H and O–H groups in total. The number of rotatable bonds is 7. The fraction of sp³-hybridized carbons (Fsp3) is 0.714. The highest BCUT2D eigenvalue weighted by Gasteiger charge is 2.33. The van der Waals surface area contributed by atoms with Crippen LogP contribution in [-0.4, -0.2) is 33.0 Å². The lowest BCUT2D eigenvalue weighted by atomic mass is 9.88. The third-order valence-electron chi connectivity index (χ3n) is 3.91. The summed E-state index contributed by atoms with van der Waals surface area (Å²) in [4.78, 5) is 1.33. The van der Waals surface area contributed by atoms with Crippen LogP contribution in [0.2, 0.25) is 0 Å². The van der Waals surface area contributed by atoms with E-state index in [0.29, 0.717) is 23.3 Å². The molecule has 0 bridgehead atoms. The first-order chi connectivity index (χ1) is 9.52. The zero-order valence-corrected chi connectivity index (χ0v) is 15.0. The van der Waals surface area contributed by atoms with E-state index in [2.05, 4.69) is 39.6 Å². The van der Waals surface area contributed by atoms with Crippen LogP contribution >= 0.6 is 27.3 Å². The van der Waals surface area contributed by atoms with Crippen LogP contribution in [0.15, 0.2) is 15.9 Å². The lowest BCUT2D eigenvalue weighted by Gasteiger charge is -2.23. The molecule has 114 valence electrons. The Bertz CT molecular complexity index is 527. The zero-order chi connectivity index (χ0) is 14.6. The van der Waals surface area contributed by atoms with Gasteiger partial charge in [0.25, 0.3) is 0 Å². The zero-order valence-electron chi connectivity index (χ0n) is 11.8. The topological polar surface area (TPSA) is 46.2 Å². The highest BCUT2D eigenvalue weighted by atomic mass is 79.9. The van der Waals surface area contributed by atoms with Gasteiger partial charge in [-0.25, -0.2) is 8.42 Å². The summed E-state index contributed by atoms with van der Waals surface area (Å²) in [5.41, 5.74) is 0. The summed E-state index contributed by atoms with van der Waals surface area (Å²) in [7, 11) is -2.80. The van der Waals surface area contributed by atoms with E-state index in [9.17, 15) is 8.42 Å². The quantitative estimate of drug-likeness (QED) is 0.740. The Morgan fingerprint density at radius 2 is 2.35 bits per heavy atom. The van der Waals surface area contributed by atoms with E-state index in [4.69, 9.17) is 0 Å². The van der Waals surface area contributed by atoms with Crippen LogP contribution in [0.1, 0.15) is 24.6 Å². The molecular formula is C14H22BrNO2S2. The minimum Gasteiger partial charge on any atom is -0.316 e. The molecule has 1 saturated heterocycles. The molecule has 1 aliphatic heterocycles. The average molecular weight is 380 g/mol. The molecule has 2 unspecified atom stereocenters. The van der Waals surface area contributed by atoms with Crippen molar-refractivity contribution in [2.45, 2.75) is 26.2 Å². The van der Waals surface area contributed by atoms with Crippen molar-refractivity contribution < 1.29 is 8.42 Å². The van der Waals surface area contributed by atoms with Gasteiger partial charge in [-0.2, -0.15) is 0 Å². The van der Waals surface area contributed by atoms with Crippen LogP contribution in [0.25, 0.3) is 0 Å². The summed E-state index contributed by atoms with van der Waals surface area (Å²) in [5, 5.41) is 5.55. The predicted molar refractivity (Wildman–Crippen MR) is 89.1 cm³/mol. The largest absolute Gasteiger partial charge is 0.316 e. The number of nitrogens with one attached hydrogen (secondary N) is 1. The maximum absolute atomic E-state index is 11.7. The lowest BCUT2D eigenvalue weighted by molar-refractivity contribution is 0.345. The van der Waals surface area contributed by atoms with Gasteiger partial charge in [0.2, 0.25) is 0 Å². The minimum absolute atomic E-state index is 0.304. The second-order valence-corrected chi connectivity index (χ2v) is 9.61. The predicted octanol–water partition coefficient (Wildman–Crippen LogP) is 3.10. The van der Waals surface area contributed by atoms with Gasteiger partial charge in [0.15, 0.2) is 9.84 Å². The first kappa shape index (κ1) is 16.5. The molecule has 6 heteroatoms. The van der Waals surface area contributed by atoms with Gasteiger partial charge < -0.3 is 5.32 Å². The normalized spacial score (nSPS) is 23.0. The van der Waals surface area contributed by atoms with E-state index in [0.717, 1.165) is 36.8 Å². The van der Waals surface area contributed by atoms with Crippen molar-refractivity contribution in [1.82, 2.24) is 5.32 Å². The van der Waals surface area contributed by atoms with E-state index >= 15 is 0 Å². The standard InChI is InChI=1S/C14H22BrNO2S2/c1-2-5-16-9-12(8-14-13(15)3-6-19-14)11-4-7-20(17,18)10-11/h3,6,11-12,16H,2,4-5,7-10H2,1H3. The fourth-order valence-electron chi connectivity index (χ4n) is 2.77. The molecule has 0 amide bonds. The summed E-state index contributed by atoms with van der Waals surface area (Å²) in [6.45, 7) is 4.07. The molecule has 3 nitrogen and oxygen atoms in total. The van der Waals surface area contributed by atoms with Crippen LogP contribution in [0.4, 0.5) is 0 Å². The second kappa shape index (κ2) is 7.38. The molecule has 20 heavy (non-hydrogen) atoms. The van der Waals surface area contributed by atoms with Gasteiger partial charge in [0, 0.05) is 9.35 Å². The Morgan fingerprint density at radius 1 is 1.55 bits per heavy atom. The molecule has 0 spiro atoms. The molecular weight excluding hydrogens is 358 g/mol. The van der Waals surface area contributed by atoms with E-state index in [1.165, 1.54) is 4.88 Å². The van der Waals surface area contributed by atoms with E-state index in [-0.39, 0.29) is 0 Å². The SMILES string of the molecule is CCCNCC(Cc1sccc1Br)C1CCS(=O)(=O)C1. The smallest absolute Gasteiger partial charge is 0.150 e. The molecule has 1 aliphatic rings. The van der Waals surface area contributed by atoms with Gasteiger partial charge >= 0.3 is 0 Å². The maximum Gasteiger partial charge on any atom is 0.150 e. The van der Waals surface area contributed by atoms with Crippen molar-refractivity contribution in [2.24, 2.45) is 11.8 Å². The molecule has 0 saturated carbocycles. The average Bonchev–Trinajstić information content (AvgIpc) is 2.95. The third kappa shape index (κ3) is 4.55. The first-order valence-electron chi connectivity index (χ1n) is 7.15. The summed E-state index contributed by atoms with van der Waals surface area (Å²) in [5.74, 6) is 1.45. The van der Waals surface area contributed by atoms with Crippen molar-refractivity contribution in [3.63, 3.8) is 0 Å². The summed E-state index contributed by atoms with van der Waals surface area (Å²) in [6, 6.07) is 2.07. The third-order valence-corrected chi connectivity index (χ3v) is 7.65. The first-order valence-corrected chi connectivity index (χ1v) is 10.6. The Kier molecular flexibility index (Phi) is 6.08. The number of hydrogen-bond donors (Lipinski definition) is 1. The minimum atomic E-state index is -2.80. The molecule has 2 heterocycles. The summed E-state index contributed by atoms with van der Waals surface area (Å²) in [6.07, 6.45) is 2.90. The van der Waals surface area contributed by atoms with Crippen LogP contribution in [0, 0.1) is 11.8 Å². The Labute approximate surface area is 134 Å². The highest BCUT2D eigenvalue weighted by molar-refractivity contribution is 9.10. The van der Waals surface area contributed by atoms with E-state index < -0.39 is 9.84 Å². The van der Waals surface area contributed by atoms with E-state index in [1.54, 1.807) is 11.3 Å². The summed E-state index contributed by atoms with van der Waals surface area (Å²) < 4.78 is 24.6. The Morgan fingerprint density at radius 3 is 2.90 bits per heavy atom. The number of halogens is 1.